The molecule has 0 aliphatic heterocycles. The van der Waals surface area contributed by atoms with Crippen molar-refractivity contribution in [3.8, 4) is 5.69 Å². The molecule has 1 amide bonds. The largest absolute Gasteiger partial charge is 0.340 e. The van der Waals surface area contributed by atoms with Crippen LogP contribution in [-0.4, -0.2) is 27.6 Å². The Morgan fingerprint density at radius 1 is 1.23 bits per heavy atom. The average Bonchev–Trinajstić information content (AvgIpc) is 3.13. The summed E-state index contributed by atoms with van der Waals surface area (Å²) in [6.45, 7) is 4.55. The highest BCUT2D eigenvalue weighted by atomic mass is 79.9. The molecule has 7 heteroatoms. The maximum Gasteiger partial charge on any atom is 0.227 e. The molecule has 136 valence electrons. The minimum atomic E-state index is 0.0800. The molecular formula is C19H19BrClN3OS. The van der Waals surface area contributed by atoms with Crippen LogP contribution in [0.15, 0.2) is 40.2 Å². The lowest BCUT2D eigenvalue weighted by Gasteiger charge is -2.16. The van der Waals surface area contributed by atoms with Gasteiger partial charge in [-0.3, -0.25) is 4.79 Å². The predicted molar refractivity (Wildman–Crippen MR) is 110 cm³/mol. The van der Waals surface area contributed by atoms with E-state index in [0.717, 1.165) is 31.3 Å². The summed E-state index contributed by atoms with van der Waals surface area (Å²) in [4.78, 5) is 15.6. The Hall–Kier alpha value is -1.63. The number of amides is 1. The van der Waals surface area contributed by atoms with E-state index in [1.54, 1.807) is 16.2 Å². The molecule has 26 heavy (non-hydrogen) atoms. The number of rotatable bonds is 5. The van der Waals surface area contributed by atoms with Gasteiger partial charge in [-0.1, -0.05) is 11.6 Å². The standard InChI is InChI=1S/C19H19BrClN3OS/c1-12-17(10-19(25)23(3)11-16-8-9-18(20)26-16)13(2)24(22-12)15-6-4-14(21)5-7-15/h4-9H,10-11H2,1-3H3. The van der Waals surface area contributed by atoms with Gasteiger partial charge in [-0.15, -0.1) is 11.3 Å². The first kappa shape index (κ1) is 19.1. The summed E-state index contributed by atoms with van der Waals surface area (Å²) < 4.78 is 2.94. The minimum absolute atomic E-state index is 0.0800. The monoisotopic (exact) mass is 451 g/mol. The van der Waals surface area contributed by atoms with Crippen LogP contribution in [0.25, 0.3) is 5.69 Å². The van der Waals surface area contributed by atoms with Crippen molar-refractivity contribution in [2.24, 2.45) is 0 Å². The van der Waals surface area contributed by atoms with Crippen molar-refractivity contribution in [1.82, 2.24) is 14.7 Å². The lowest BCUT2D eigenvalue weighted by molar-refractivity contribution is -0.129. The molecule has 0 unspecified atom stereocenters. The highest BCUT2D eigenvalue weighted by Crippen LogP contribution is 2.24. The van der Waals surface area contributed by atoms with Crippen molar-refractivity contribution in [2.75, 3.05) is 7.05 Å². The fourth-order valence-corrected chi connectivity index (χ4v) is 4.47. The van der Waals surface area contributed by atoms with Crippen LogP contribution in [0.2, 0.25) is 5.02 Å². The first-order chi connectivity index (χ1) is 12.3. The molecule has 0 fully saturated rings. The zero-order valence-electron chi connectivity index (χ0n) is 14.8. The lowest BCUT2D eigenvalue weighted by Crippen LogP contribution is -2.27. The van der Waals surface area contributed by atoms with Gasteiger partial charge in [0.1, 0.15) is 0 Å². The molecule has 0 radical (unpaired) electrons. The Balaban J connectivity index is 1.77. The normalized spacial score (nSPS) is 11.0. The van der Waals surface area contributed by atoms with E-state index < -0.39 is 0 Å². The molecule has 0 aliphatic carbocycles. The number of carbonyl (C=O) groups is 1. The van der Waals surface area contributed by atoms with Gasteiger partial charge in [0, 0.05) is 28.2 Å². The van der Waals surface area contributed by atoms with Gasteiger partial charge in [0.2, 0.25) is 5.91 Å². The number of aryl methyl sites for hydroxylation is 1. The number of halogens is 2. The number of likely N-dealkylation sites (N-methyl/N-ethyl adjacent to an activating group) is 1. The summed E-state index contributed by atoms with van der Waals surface area (Å²) in [5, 5.41) is 5.30. The highest BCUT2D eigenvalue weighted by molar-refractivity contribution is 9.11. The van der Waals surface area contributed by atoms with E-state index in [9.17, 15) is 4.79 Å². The van der Waals surface area contributed by atoms with Gasteiger partial charge < -0.3 is 4.90 Å². The molecule has 0 aliphatic rings. The van der Waals surface area contributed by atoms with Gasteiger partial charge in [-0.25, -0.2) is 4.68 Å². The summed E-state index contributed by atoms with van der Waals surface area (Å²) >= 11 is 11.1. The smallest absolute Gasteiger partial charge is 0.227 e. The second kappa shape index (κ2) is 7.94. The zero-order chi connectivity index (χ0) is 18.8. The fraction of sp³-hybridized carbons (Fsp3) is 0.263. The summed E-state index contributed by atoms with van der Waals surface area (Å²) in [5.41, 5.74) is 3.76. The van der Waals surface area contributed by atoms with Crippen LogP contribution in [-0.2, 0) is 17.8 Å². The van der Waals surface area contributed by atoms with E-state index >= 15 is 0 Å². The Morgan fingerprint density at radius 2 is 1.92 bits per heavy atom. The summed E-state index contributed by atoms with van der Waals surface area (Å²) in [6.07, 6.45) is 0.342. The van der Waals surface area contributed by atoms with Crippen molar-refractivity contribution < 1.29 is 4.79 Å². The van der Waals surface area contributed by atoms with Crippen LogP contribution in [0.3, 0.4) is 0 Å². The minimum Gasteiger partial charge on any atom is -0.340 e. The molecule has 3 aromatic rings. The molecule has 0 N–H and O–H groups in total. The molecule has 0 saturated carbocycles. The van der Waals surface area contributed by atoms with Gasteiger partial charge in [0.25, 0.3) is 0 Å². The first-order valence-corrected chi connectivity index (χ1v) is 10.1. The average molecular weight is 453 g/mol. The quantitative estimate of drug-likeness (QED) is 0.536. The third kappa shape index (κ3) is 4.19. The van der Waals surface area contributed by atoms with Gasteiger partial charge in [0.05, 0.1) is 28.1 Å². The molecule has 4 nitrogen and oxygen atoms in total. The lowest BCUT2D eigenvalue weighted by atomic mass is 10.1. The molecule has 3 rings (SSSR count). The number of thiophene rings is 1. The Kier molecular flexibility index (Phi) is 5.85. The molecule has 0 bridgehead atoms. The molecule has 0 spiro atoms. The molecule has 1 aromatic carbocycles. The Bertz CT molecular complexity index is 933. The van der Waals surface area contributed by atoms with E-state index in [1.807, 2.05) is 62.0 Å². The van der Waals surface area contributed by atoms with E-state index in [4.69, 9.17) is 11.6 Å². The third-order valence-corrected chi connectivity index (χ3v) is 6.15. The van der Waals surface area contributed by atoms with E-state index in [0.29, 0.717) is 18.0 Å². The van der Waals surface area contributed by atoms with Crippen molar-refractivity contribution >= 4 is 44.8 Å². The molecule has 0 atom stereocenters. The summed E-state index contributed by atoms with van der Waals surface area (Å²) in [7, 11) is 1.84. The molecule has 0 saturated heterocycles. The number of nitrogens with zero attached hydrogens (tertiary/aromatic N) is 3. The van der Waals surface area contributed by atoms with Gasteiger partial charge in [-0.05, 0) is 66.2 Å². The predicted octanol–water partition coefficient (Wildman–Crippen LogP) is 5.17. The third-order valence-electron chi connectivity index (χ3n) is 4.29. The van der Waals surface area contributed by atoms with E-state index in [2.05, 4.69) is 21.0 Å². The van der Waals surface area contributed by atoms with Crippen LogP contribution >= 0.6 is 38.9 Å². The number of hydrogen-bond acceptors (Lipinski definition) is 3. The Morgan fingerprint density at radius 3 is 2.54 bits per heavy atom. The molecule has 2 heterocycles. The van der Waals surface area contributed by atoms with Crippen molar-refractivity contribution in [2.45, 2.75) is 26.8 Å². The van der Waals surface area contributed by atoms with Crippen LogP contribution in [0.4, 0.5) is 0 Å². The number of hydrogen-bond donors (Lipinski definition) is 0. The summed E-state index contributed by atoms with van der Waals surface area (Å²) in [5.74, 6) is 0.0800. The van der Waals surface area contributed by atoms with Crippen LogP contribution in [0.1, 0.15) is 21.8 Å². The Labute approximate surface area is 170 Å². The van der Waals surface area contributed by atoms with E-state index in [1.165, 1.54) is 0 Å². The number of aromatic nitrogens is 2. The second-order valence-corrected chi connectivity index (χ2v) is 9.15. The SMILES string of the molecule is Cc1nn(-c2ccc(Cl)cc2)c(C)c1CC(=O)N(C)Cc1ccc(Br)s1. The first-order valence-electron chi connectivity index (χ1n) is 8.14. The van der Waals surface area contributed by atoms with Crippen LogP contribution in [0, 0.1) is 13.8 Å². The second-order valence-electron chi connectivity index (χ2n) is 6.17. The fourth-order valence-electron chi connectivity index (χ4n) is 2.81. The maximum absolute atomic E-state index is 12.7. The van der Waals surface area contributed by atoms with Gasteiger partial charge in [0.15, 0.2) is 0 Å². The number of carbonyl (C=O) groups excluding carboxylic acids is 1. The topological polar surface area (TPSA) is 38.1 Å². The zero-order valence-corrected chi connectivity index (χ0v) is 18.0. The van der Waals surface area contributed by atoms with Gasteiger partial charge >= 0.3 is 0 Å². The van der Waals surface area contributed by atoms with Crippen molar-refractivity contribution in [3.05, 3.63) is 67.0 Å². The van der Waals surface area contributed by atoms with E-state index in [-0.39, 0.29) is 5.91 Å². The summed E-state index contributed by atoms with van der Waals surface area (Å²) in [6, 6.07) is 11.6. The molecular weight excluding hydrogens is 434 g/mol. The number of benzene rings is 1. The van der Waals surface area contributed by atoms with Gasteiger partial charge in [-0.2, -0.15) is 5.10 Å². The molecule has 2 aromatic heterocycles. The van der Waals surface area contributed by atoms with Crippen LogP contribution < -0.4 is 0 Å². The van der Waals surface area contributed by atoms with Crippen molar-refractivity contribution in [1.29, 1.82) is 0 Å². The maximum atomic E-state index is 12.7. The van der Waals surface area contributed by atoms with Crippen molar-refractivity contribution in [3.63, 3.8) is 0 Å². The van der Waals surface area contributed by atoms with Crippen LogP contribution in [0.5, 0.6) is 0 Å². The highest BCUT2D eigenvalue weighted by Gasteiger charge is 2.18.